The fourth-order valence-electron chi connectivity index (χ4n) is 1.04. The van der Waals surface area contributed by atoms with E-state index in [0.29, 0.717) is 0 Å². The van der Waals surface area contributed by atoms with Crippen molar-refractivity contribution in [1.29, 1.82) is 0 Å². The second-order valence-corrected chi connectivity index (χ2v) is 2.96. The van der Waals surface area contributed by atoms with Gasteiger partial charge in [0.2, 0.25) is 0 Å². The first-order valence-electron chi connectivity index (χ1n) is 3.23. The molecule has 0 radical (unpaired) electrons. The first kappa shape index (κ1) is 5.42. The molecule has 0 unspecified atom stereocenters. The van der Waals surface area contributed by atoms with Crippen LogP contribution in [-0.2, 0) is 0 Å². The van der Waals surface area contributed by atoms with Crippen molar-refractivity contribution in [3.05, 3.63) is 11.4 Å². The molecule has 1 aliphatic carbocycles. The summed E-state index contributed by atoms with van der Waals surface area (Å²) in [6.45, 7) is 0.906. The third-order valence-corrected chi connectivity index (χ3v) is 1.96. The zero-order valence-electron chi connectivity index (χ0n) is 5.10. The number of nitrogens with one attached hydrogen (secondary N) is 1. The van der Waals surface area contributed by atoms with E-state index in [0.717, 1.165) is 17.9 Å². The van der Waals surface area contributed by atoms with E-state index in [1.807, 2.05) is 6.20 Å². The molecule has 1 aliphatic heterocycles. The van der Waals surface area contributed by atoms with Gasteiger partial charge in [0.1, 0.15) is 5.16 Å². The normalized spacial score (nSPS) is 25.9. The van der Waals surface area contributed by atoms with E-state index < -0.39 is 0 Å². The highest BCUT2D eigenvalue weighted by Crippen LogP contribution is 2.28. The van der Waals surface area contributed by atoms with Crippen molar-refractivity contribution in [2.75, 3.05) is 6.67 Å². The second-order valence-electron chi connectivity index (χ2n) is 2.56. The van der Waals surface area contributed by atoms with Gasteiger partial charge in [-0.2, -0.15) is 0 Å². The SMILES string of the molecule is ClC1=CN(C2CC2)CN1. The monoisotopic (exact) mass is 144 g/mol. The van der Waals surface area contributed by atoms with Crippen molar-refractivity contribution in [3.8, 4) is 0 Å². The molecule has 2 aliphatic rings. The Labute approximate surface area is 59.5 Å². The van der Waals surface area contributed by atoms with Gasteiger partial charge in [0.15, 0.2) is 0 Å². The molecule has 9 heavy (non-hydrogen) atoms. The standard InChI is InChI=1S/C6H9ClN2/c7-6-3-9(4-8-6)5-1-2-5/h3,5,8H,1-2,4H2. The Kier molecular flexibility index (Phi) is 1.09. The van der Waals surface area contributed by atoms with Gasteiger partial charge < -0.3 is 10.2 Å². The van der Waals surface area contributed by atoms with E-state index in [4.69, 9.17) is 11.6 Å². The maximum atomic E-state index is 5.69. The lowest BCUT2D eigenvalue weighted by Gasteiger charge is -2.11. The zero-order valence-corrected chi connectivity index (χ0v) is 5.86. The second kappa shape index (κ2) is 1.81. The predicted octanol–water partition coefficient (Wildman–Crippen LogP) is 1.05. The minimum absolute atomic E-state index is 0.780. The highest BCUT2D eigenvalue weighted by molar-refractivity contribution is 6.29. The smallest absolute Gasteiger partial charge is 0.119 e. The predicted molar refractivity (Wildman–Crippen MR) is 36.8 cm³/mol. The molecular weight excluding hydrogens is 136 g/mol. The molecule has 0 saturated heterocycles. The minimum Gasteiger partial charge on any atom is -0.357 e. The van der Waals surface area contributed by atoms with Crippen molar-refractivity contribution >= 4 is 11.6 Å². The van der Waals surface area contributed by atoms with E-state index in [-0.39, 0.29) is 0 Å². The van der Waals surface area contributed by atoms with Crippen molar-refractivity contribution in [2.45, 2.75) is 18.9 Å². The summed E-state index contributed by atoms with van der Waals surface area (Å²) >= 11 is 5.69. The molecule has 1 N–H and O–H groups in total. The number of nitrogens with zero attached hydrogens (tertiary/aromatic N) is 1. The van der Waals surface area contributed by atoms with Crippen LogP contribution in [0, 0.1) is 0 Å². The number of hydrogen-bond acceptors (Lipinski definition) is 2. The lowest BCUT2D eigenvalue weighted by Crippen LogP contribution is -2.22. The van der Waals surface area contributed by atoms with Gasteiger partial charge in [0.25, 0.3) is 0 Å². The summed E-state index contributed by atoms with van der Waals surface area (Å²) < 4.78 is 0. The Morgan fingerprint density at radius 1 is 1.67 bits per heavy atom. The molecule has 1 saturated carbocycles. The molecule has 2 rings (SSSR count). The van der Waals surface area contributed by atoms with Crippen LogP contribution in [0.15, 0.2) is 11.4 Å². The van der Waals surface area contributed by atoms with Gasteiger partial charge in [-0.1, -0.05) is 11.6 Å². The quantitative estimate of drug-likeness (QED) is 0.554. The molecule has 50 valence electrons. The van der Waals surface area contributed by atoms with Crippen LogP contribution in [0.25, 0.3) is 0 Å². The van der Waals surface area contributed by atoms with Crippen LogP contribution < -0.4 is 5.32 Å². The van der Waals surface area contributed by atoms with Crippen LogP contribution in [0.3, 0.4) is 0 Å². The molecule has 0 aromatic heterocycles. The van der Waals surface area contributed by atoms with E-state index >= 15 is 0 Å². The topological polar surface area (TPSA) is 15.3 Å². The maximum Gasteiger partial charge on any atom is 0.119 e. The van der Waals surface area contributed by atoms with Crippen LogP contribution in [-0.4, -0.2) is 17.6 Å². The molecular formula is C6H9ClN2. The largest absolute Gasteiger partial charge is 0.357 e. The third-order valence-electron chi connectivity index (χ3n) is 1.73. The van der Waals surface area contributed by atoms with E-state index in [2.05, 4.69) is 10.2 Å². The van der Waals surface area contributed by atoms with Crippen LogP contribution in [0.4, 0.5) is 0 Å². The molecule has 0 aromatic carbocycles. The Hall–Kier alpha value is -0.370. The van der Waals surface area contributed by atoms with Crippen LogP contribution in [0.5, 0.6) is 0 Å². The van der Waals surface area contributed by atoms with Gasteiger partial charge in [-0.3, -0.25) is 0 Å². The van der Waals surface area contributed by atoms with E-state index in [1.165, 1.54) is 12.8 Å². The van der Waals surface area contributed by atoms with Gasteiger partial charge in [-0.15, -0.1) is 0 Å². The number of rotatable bonds is 1. The summed E-state index contributed by atoms with van der Waals surface area (Å²) in [6, 6.07) is 0.786. The molecule has 0 spiro atoms. The van der Waals surface area contributed by atoms with Gasteiger partial charge in [0, 0.05) is 12.2 Å². The summed E-state index contributed by atoms with van der Waals surface area (Å²) in [4.78, 5) is 2.25. The Morgan fingerprint density at radius 2 is 2.44 bits per heavy atom. The molecule has 0 bridgehead atoms. The average molecular weight is 145 g/mol. The van der Waals surface area contributed by atoms with Crippen LogP contribution in [0.2, 0.25) is 0 Å². The molecule has 0 aromatic rings. The fourth-order valence-corrected chi connectivity index (χ4v) is 1.23. The maximum absolute atomic E-state index is 5.69. The Bertz CT molecular complexity index is 151. The minimum atomic E-state index is 0.780. The van der Waals surface area contributed by atoms with E-state index in [9.17, 15) is 0 Å². The highest BCUT2D eigenvalue weighted by Gasteiger charge is 2.29. The van der Waals surface area contributed by atoms with Gasteiger partial charge in [0.05, 0.1) is 6.67 Å². The lowest BCUT2D eigenvalue weighted by molar-refractivity contribution is 0.381. The Morgan fingerprint density at radius 3 is 2.89 bits per heavy atom. The molecule has 0 amide bonds. The van der Waals surface area contributed by atoms with Crippen molar-refractivity contribution in [1.82, 2.24) is 10.2 Å². The average Bonchev–Trinajstić information content (AvgIpc) is 2.58. The molecule has 1 heterocycles. The van der Waals surface area contributed by atoms with Gasteiger partial charge in [-0.05, 0) is 12.8 Å². The highest BCUT2D eigenvalue weighted by atomic mass is 35.5. The van der Waals surface area contributed by atoms with Crippen molar-refractivity contribution < 1.29 is 0 Å². The van der Waals surface area contributed by atoms with Gasteiger partial charge >= 0.3 is 0 Å². The summed E-state index contributed by atoms with van der Waals surface area (Å²) in [5.74, 6) is 0. The summed E-state index contributed by atoms with van der Waals surface area (Å²) in [5.41, 5.74) is 0. The number of hydrogen-bond donors (Lipinski definition) is 1. The number of halogens is 1. The van der Waals surface area contributed by atoms with Crippen molar-refractivity contribution in [2.24, 2.45) is 0 Å². The van der Waals surface area contributed by atoms with E-state index in [1.54, 1.807) is 0 Å². The molecule has 1 fully saturated rings. The third kappa shape index (κ3) is 0.990. The van der Waals surface area contributed by atoms with Gasteiger partial charge in [-0.25, -0.2) is 0 Å². The van der Waals surface area contributed by atoms with Crippen LogP contribution >= 0.6 is 11.6 Å². The lowest BCUT2D eigenvalue weighted by atomic mass is 10.6. The summed E-state index contributed by atoms with van der Waals surface area (Å²) in [5, 5.41) is 3.82. The van der Waals surface area contributed by atoms with Crippen LogP contribution in [0.1, 0.15) is 12.8 Å². The van der Waals surface area contributed by atoms with Crippen molar-refractivity contribution in [3.63, 3.8) is 0 Å². The first-order chi connectivity index (χ1) is 4.36. The first-order valence-corrected chi connectivity index (χ1v) is 3.61. The molecule has 0 atom stereocenters. The summed E-state index contributed by atoms with van der Waals surface area (Å²) in [6.07, 6.45) is 4.66. The zero-order chi connectivity index (χ0) is 6.27. The fraction of sp³-hybridized carbons (Fsp3) is 0.667. The summed E-state index contributed by atoms with van der Waals surface area (Å²) in [7, 11) is 0. The molecule has 3 heteroatoms. The Balaban J connectivity index is 1.99. The molecule has 2 nitrogen and oxygen atoms in total.